The van der Waals surface area contributed by atoms with E-state index in [0.717, 1.165) is 0 Å². The Balaban J connectivity index is 2.29. The first kappa shape index (κ1) is 17.3. The van der Waals surface area contributed by atoms with Gasteiger partial charge in [-0.3, -0.25) is 14.9 Å². The molecular weight excluding hydrogens is 314 g/mol. The summed E-state index contributed by atoms with van der Waals surface area (Å²) in [6.45, 7) is -0.596. The SMILES string of the molecule is O=C(CNC(=O)OCc1ccc([N+](=O)[O-])cc1)NCC(O)=S. The average molecular weight is 327 g/mol. The molecule has 0 atom stereocenters. The van der Waals surface area contributed by atoms with Crippen molar-refractivity contribution in [1.82, 2.24) is 10.6 Å². The van der Waals surface area contributed by atoms with Gasteiger partial charge in [0.25, 0.3) is 5.69 Å². The van der Waals surface area contributed by atoms with E-state index in [1.54, 1.807) is 0 Å². The largest absolute Gasteiger partial charge is 0.501 e. The molecule has 0 unspecified atom stereocenters. The van der Waals surface area contributed by atoms with Crippen LogP contribution in [-0.4, -0.2) is 40.2 Å². The normalized spacial score (nSPS) is 9.64. The minimum absolute atomic E-state index is 0.0633. The molecule has 0 spiro atoms. The van der Waals surface area contributed by atoms with Gasteiger partial charge < -0.3 is 20.5 Å². The van der Waals surface area contributed by atoms with Gasteiger partial charge in [-0.2, -0.15) is 0 Å². The van der Waals surface area contributed by atoms with Gasteiger partial charge in [0.05, 0.1) is 11.5 Å². The summed E-state index contributed by atoms with van der Waals surface area (Å²) >= 11 is 4.36. The zero-order valence-corrected chi connectivity index (χ0v) is 12.1. The molecule has 9 nitrogen and oxygen atoms in total. The van der Waals surface area contributed by atoms with Crippen LogP contribution in [0.4, 0.5) is 10.5 Å². The monoisotopic (exact) mass is 327 g/mol. The number of hydrogen-bond donors (Lipinski definition) is 3. The third kappa shape index (κ3) is 6.61. The number of thiocarbonyl (C=S) groups is 1. The molecule has 22 heavy (non-hydrogen) atoms. The van der Waals surface area contributed by atoms with Gasteiger partial charge in [-0.05, 0) is 29.9 Å². The smallest absolute Gasteiger partial charge is 0.407 e. The summed E-state index contributed by atoms with van der Waals surface area (Å²) in [6, 6.07) is 5.50. The van der Waals surface area contributed by atoms with E-state index in [4.69, 9.17) is 9.84 Å². The number of benzene rings is 1. The van der Waals surface area contributed by atoms with Crippen LogP contribution in [0.5, 0.6) is 0 Å². The van der Waals surface area contributed by atoms with Gasteiger partial charge >= 0.3 is 6.09 Å². The molecule has 0 aromatic heterocycles. The molecule has 0 aliphatic rings. The van der Waals surface area contributed by atoms with Gasteiger partial charge in [0.2, 0.25) is 5.91 Å². The van der Waals surface area contributed by atoms with Crippen LogP contribution in [0.2, 0.25) is 0 Å². The van der Waals surface area contributed by atoms with E-state index in [1.807, 2.05) is 0 Å². The number of aliphatic hydroxyl groups is 1. The number of ether oxygens (including phenoxy) is 1. The first-order chi connectivity index (χ1) is 10.4. The van der Waals surface area contributed by atoms with Crippen molar-refractivity contribution in [2.45, 2.75) is 6.61 Å². The molecule has 0 aliphatic carbocycles. The number of rotatable bonds is 7. The maximum Gasteiger partial charge on any atom is 0.407 e. The molecule has 0 saturated heterocycles. The van der Waals surface area contributed by atoms with Gasteiger partial charge in [0.1, 0.15) is 13.2 Å². The predicted octanol–water partition coefficient (Wildman–Crippen LogP) is 0.823. The molecule has 0 radical (unpaired) electrons. The number of nitro groups is 1. The number of alkyl carbamates (subject to hydrolysis) is 1. The van der Waals surface area contributed by atoms with E-state index < -0.39 is 16.9 Å². The average Bonchev–Trinajstić information content (AvgIpc) is 2.49. The minimum Gasteiger partial charge on any atom is -0.501 e. The fourth-order valence-electron chi connectivity index (χ4n) is 1.30. The lowest BCUT2D eigenvalue weighted by atomic mass is 10.2. The number of aliphatic hydroxyl groups excluding tert-OH is 1. The van der Waals surface area contributed by atoms with E-state index >= 15 is 0 Å². The number of carbonyl (C=O) groups excluding carboxylic acids is 2. The van der Waals surface area contributed by atoms with E-state index in [0.29, 0.717) is 5.56 Å². The molecule has 0 saturated carbocycles. The van der Waals surface area contributed by atoms with Crippen molar-refractivity contribution in [1.29, 1.82) is 0 Å². The van der Waals surface area contributed by atoms with Crippen LogP contribution >= 0.6 is 12.2 Å². The van der Waals surface area contributed by atoms with E-state index in [2.05, 4.69) is 22.9 Å². The van der Waals surface area contributed by atoms with Gasteiger partial charge in [0, 0.05) is 12.1 Å². The second-order valence-electron chi connectivity index (χ2n) is 4.02. The van der Waals surface area contributed by atoms with Crippen molar-refractivity contribution in [2.75, 3.05) is 13.1 Å². The number of hydrogen-bond acceptors (Lipinski definition) is 6. The Hall–Kier alpha value is -2.75. The van der Waals surface area contributed by atoms with Crippen LogP contribution in [0.25, 0.3) is 0 Å². The summed E-state index contributed by atoms with van der Waals surface area (Å²) in [4.78, 5) is 32.5. The van der Waals surface area contributed by atoms with E-state index in [9.17, 15) is 19.7 Å². The summed E-state index contributed by atoms with van der Waals surface area (Å²) < 4.78 is 4.83. The summed E-state index contributed by atoms with van der Waals surface area (Å²) in [6.07, 6.45) is -0.819. The Morgan fingerprint density at radius 1 is 1.23 bits per heavy atom. The third-order valence-electron chi connectivity index (χ3n) is 2.35. The first-order valence-electron chi connectivity index (χ1n) is 6.01. The molecular formula is C12H13N3O6S. The topological polar surface area (TPSA) is 131 Å². The Labute approximate surface area is 130 Å². The molecule has 0 bridgehead atoms. The molecule has 3 N–H and O–H groups in total. The summed E-state index contributed by atoms with van der Waals surface area (Å²) in [5, 5.41) is 23.3. The lowest BCUT2D eigenvalue weighted by Gasteiger charge is -2.07. The number of amides is 2. The second kappa shape index (κ2) is 8.52. The number of carbonyl (C=O) groups is 2. The van der Waals surface area contributed by atoms with Crippen molar-refractivity contribution < 1.29 is 24.4 Å². The zero-order valence-electron chi connectivity index (χ0n) is 11.3. The molecule has 1 aromatic carbocycles. The van der Waals surface area contributed by atoms with E-state index in [1.165, 1.54) is 24.3 Å². The fourth-order valence-corrected chi connectivity index (χ4v) is 1.38. The van der Waals surface area contributed by atoms with Crippen molar-refractivity contribution in [3.05, 3.63) is 39.9 Å². The highest BCUT2D eigenvalue weighted by Crippen LogP contribution is 2.12. The summed E-state index contributed by atoms with van der Waals surface area (Å²) in [5.74, 6) is -0.538. The molecule has 1 rings (SSSR count). The maximum atomic E-state index is 11.3. The zero-order chi connectivity index (χ0) is 16.5. The van der Waals surface area contributed by atoms with Crippen molar-refractivity contribution in [3.63, 3.8) is 0 Å². The third-order valence-corrected chi connectivity index (χ3v) is 2.49. The van der Waals surface area contributed by atoms with Gasteiger partial charge in [-0.15, -0.1) is 0 Å². The Bertz CT molecular complexity index is 575. The molecule has 0 heterocycles. The molecule has 10 heteroatoms. The highest BCUT2D eigenvalue weighted by atomic mass is 32.1. The molecule has 1 aromatic rings. The molecule has 2 amide bonds. The molecule has 118 valence electrons. The predicted molar refractivity (Wildman–Crippen MR) is 79.5 cm³/mol. The van der Waals surface area contributed by atoms with Gasteiger partial charge in [-0.25, -0.2) is 4.79 Å². The lowest BCUT2D eigenvalue weighted by Crippen LogP contribution is -2.38. The number of non-ortho nitro benzene ring substituents is 1. The lowest BCUT2D eigenvalue weighted by molar-refractivity contribution is -0.384. The van der Waals surface area contributed by atoms with Crippen LogP contribution in [0.1, 0.15) is 5.56 Å². The fraction of sp³-hybridized carbons (Fsp3) is 0.250. The summed E-state index contributed by atoms with van der Waals surface area (Å²) in [7, 11) is 0. The van der Waals surface area contributed by atoms with E-state index in [-0.39, 0.29) is 30.4 Å². The first-order valence-corrected chi connectivity index (χ1v) is 6.41. The number of nitrogens with zero attached hydrogens (tertiary/aromatic N) is 1. The quantitative estimate of drug-likeness (QED) is 0.384. The maximum absolute atomic E-state index is 11.3. The second-order valence-corrected chi connectivity index (χ2v) is 4.49. The number of nitrogens with one attached hydrogen (secondary N) is 2. The van der Waals surface area contributed by atoms with Crippen LogP contribution < -0.4 is 10.6 Å². The summed E-state index contributed by atoms with van der Waals surface area (Å²) in [5.41, 5.74) is 0.502. The van der Waals surface area contributed by atoms with Crippen LogP contribution in [0, 0.1) is 10.1 Å². The van der Waals surface area contributed by atoms with Crippen molar-refractivity contribution in [3.8, 4) is 0 Å². The number of nitro benzene ring substituents is 1. The van der Waals surface area contributed by atoms with Crippen LogP contribution in [0.15, 0.2) is 24.3 Å². The molecule has 0 aliphatic heterocycles. The molecule has 0 fully saturated rings. The van der Waals surface area contributed by atoms with Gasteiger partial charge in [0.15, 0.2) is 5.05 Å². The Morgan fingerprint density at radius 3 is 2.41 bits per heavy atom. The Morgan fingerprint density at radius 2 is 1.86 bits per heavy atom. The van der Waals surface area contributed by atoms with Crippen LogP contribution in [-0.2, 0) is 16.1 Å². The highest BCUT2D eigenvalue weighted by molar-refractivity contribution is 7.80. The minimum atomic E-state index is -0.819. The Kier molecular flexibility index (Phi) is 6.70. The highest BCUT2D eigenvalue weighted by Gasteiger charge is 2.08. The van der Waals surface area contributed by atoms with Crippen molar-refractivity contribution >= 4 is 35.0 Å². The van der Waals surface area contributed by atoms with Crippen molar-refractivity contribution in [2.24, 2.45) is 0 Å². The standard InChI is InChI=1S/C12H13N3O6S/c16-10(13-6-11(17)22)5-14-12(18)21-7-8-1-3-9(4-2-8)15(19)20/h1-4H,5-7H2,(H,13,16)(H,14,18)(H,17,22). The van der Waals surface area contributed by atoms with Crippen LogP contribution in [0.3, 0.4) is 0 Å². The van der Waals surface area contributed by atoms with Gasteiger partial charge in [-0.1, -0.05) is 0 Å².